The lowest BCUT2D eigenvalue weighted by Gasteiger charge is -2.27. The van der Waals surface area contributed by atoms with Crippen LogP contribution in [0.15, 0.2) is 54.2 Å². The van der Waals surface area contributed by atoms with E-state index in [-0.39, 0.29) is 11.3 Å². The van der Waals surface area contributed by atoms with E-state index in [1.165, 1.54) is 0 Å². The maximum absolute atomic E-state index is 13.3. The minimum absolute atomic E-state index is 0.116. The molecule has 0 spiro atoms. The van der Waals surface area contributed by atoms with Gasteiger partial charge in [0.25, 0.3) is 11.7 Å². The van der Waals surface area contributed by atoms with Gasteiger partial charge in [-0.05, 0) is 57.6 Å². The minimum atomic E-state index is -0.656. The number of carbonyl (C=O) groups is 2. The molecule has 2 aromatic heterocycles. The molecule has 3 heterocycles. The summed E-state index contributed by atoms with van der Waals surface area (Å²) in [6.07, 6.45) is 2.54. The Kier molecular flexibility index (Phi) is 6.84. The Morgan fingerprint density at radius 3 is 2.44 bits per heavy atom. The second-order valence-corrected chi connectivity index (χ2v) is 8.76. The van der Waals surface area contributed by atoms with Gasteiger partial charge < -0.3 is 14.9 Å². The summed E-state index contributed by atoms with van der Waals surface area (Å²) < 4.78 is 1.75. The number of aryl methyl sites for hydroxylation is 2. The number of likely N-dealkylation sites (tertiary alicyclic amines) is 1. The van der Waals surface area contributed by atoms with Crippen LogP contribution >= 0.6 is 0 Å². The average Bonchev–Trinajstić information content (AvgIpc) is 3.30. The van der Waals surface area contributed by atoms with Crippen molar-refractivity contribution >= 4 is 23.1 Å². The third-order valence-corrected chi connectivity index (χ3v) is 6.63. The zero-order valence-electron chi connectivity index (χ0n) is 20.3. The van der Waals surface area contributed by atoms with Crippen LogP contribution in [0.4, 0.5) is 0 Å². The third-order valence-electron chi connectivity index (χ3n) is 6.63. The molecule has 0 bridgehead atoms. The molecular weight excluding hydrogens is 428 g/mol. The van der Waals surface area contributed by atoms with Crippen molar-refractivity contribution in [2.45, 2.75) is 40.2 Å². The molecule has 7 nitrogen and oxygen atoms in total. The normalized spacial score (nSPS) is 17.9. The van der Waals surface area contributed by atoms with E-state index in [2.05, 4.69) is 23.7 Å². The number of pyridine rings is 1. The van der Waals surface area contributed by atoms with Crippen molar-refractivity contribution in [3.63, 3.8) is 0 Å². The smallest absolute Gasteiger partial charge is 0.295 e. The molecule has 178 valence electrons. The highest BCUT2D eigenvalue weighted by Gasteiger charge is 2.46. The van der Waals surface area contributed by atoms with Crippen molar-refractivity contribution in [2.24, 2.45) is 0 Å². The highest BCUT2D eigenvalue weighted by atomic mass is 16.3. The van der Waals surface area contributed by atoms with Crippen LogP contribution in [0.5, 0.6) is 0 Å². The Morgan fingerprint density at radius 2 is 1.76 bits per heavy atom. The summed E-state index contributed by atoms with van der Waals surface area (Å²) in [6.45, 7) is 11.1. The Bertz CT molecular complexity index is 1240. The number of aliphatic hydroxyl groups is 1. The van der Waals surface area contributed by atoms with Gasteiger partial charge in [-0.25, -0.2) is 4.98 Å². The maximum Gasteiger partial charge on any atom is 0.295 e. The van der Waals surface area contributed by atoms with Crippen LogP contribution < -0.4 is 0 Å². The molecule has 1 amide bonds. The zero-order valence-corrected chi connectivity index (χ0v) is 20.3. The van der Waals surface area contributed by atoms with Crippen LogP contribution in [0.3, 0.4) is 0 Å². The molecule has 0 aliphatic carbocycles. The molecule has 34 heavy (non-hydrogen) atoms. The molecule has 7 heteroatoms. The first-order valence-corrected chi connectivity index (χ1v) is 11.9. The first-order chi connectivity index (χ1) is 16.4. The van der Waals surface area contributed by atoms with Gasteiger partial charge in [0.1, 0.15) is 11.3 Å². The van der Waals surface area contributed by atoms with E-state index in [9.17, 15) is 14.7 Å². The van der Waals surface area contributed by atoms with Crippen molar-refractivity contribution in [1.29, 1.82) is 0 Å². The molecule has 1 aromatic carbocycles. The van der Waals surface area contributed by atoms with E-state index >= 15 is 0 Å². The highest BCUT2D eigenvalue weighted by molar-refractivity contribution is 6.46. The van der Waals surface area contributed by atoms with Crippen molar-refractivity contribution in [3.05, 3.63) is 76.7 Å². The summed E-state index contributed by atoms with van der Waals surface area (Å²) in [4.78, 5) is 34.9. The lowest BCUT2D eigenvalue weighted by molar-refractivity contribution is -0.140. The second-order valence-electron chi connectivity index (χ2n) is 8.76. The number of hydrogen-bond acceptors (Lipinski definition) is 5. The summed E-state index contributed by atoms with van der Waals surface area (Å²) >= 11 is 0. The number of Topliss-reactive ketones (excluding diaryl/α,β-unsaturated/α-hetero) is 1. The van der Waals surface area contributed by atoms with Gasteiger partial charge in [-0.15, -0.1) is 0 Å². The van der Waals surface area contributed by atoms with E-state index in [1.807, 2.05) is 49.4 Å². The fourth-order valence-corrected chi connectivity index (χ4v) is 4.74. The molecule has 4 rings (SSSR count). The molecule has 0 radical (unpaired) electrons. The van der Waals surface area contributed by atoms with E-state index in [4.69, 9.17) is 0 Å². The van der Waals surface area contributed by atoms with E-state index in [0.717, 1.165) is 37.2 Å². The Labute approximate surface area is 200 Å². The third kappa shape index (κ3) is 4.23. The molecule has 3 aromatic rings. The number of fused-ring (bicyclic) bond motifs is 1. The average molecular weight is 461 g/mol. The van der Waals surface area contributed by atoms with Crippen LogP contribution in [-0.4, -0.2) is 62.2 Å². The number of aromatic nitrogens is 2. The predicted octanol–water partition coefficient (Wildman–Crippen LogP) is 4.10. The van der Waals surface area contributed by atoms with Crippen molar-refractivity contribution in [3.8, 4) is 0 Å². The highest BCUT2D eigenvalue weighted by Crippen LogP contribution is 2.40. The molecule has 1 N–H and O–H groups in total. The van der Waals surface area contributed by atoms with Crippen LogP contribution in [0.1, 0.15) is 48.8 Å². The maximum atomic E-state index is 13.3. The van der Waals surface area contributed by atoms with Gasteiger partial charge in [-0.2, -0.15) is 0 Å². The van der Waals surface area contributed by atoms with Gasteiger partial charge in [0.05, 0.1) is 17.3 Å². The lowest BCUT2D eigenvalue weighted by atomic mass is 9.95. The monoisotopic (exact) mass is 460 g/mol. The summed E-state index contributed by atoms with van der Waals surface area (Å²) in [5.41, 5.74) is 3.71. The van der Waals surface area contributed by atoms with E-state index in [1.54, 1.807) is 22.4 Å². The second kappa shape index (κ2) is 9.81. The van der Waals surface area contributed by atoms with Gasteiger partial charge in [0.15, 0.2) is 5.76 Å². The molecule has 1 aliphatic heterocycles. The molecule has 1 atom stereocenters. The molecular formula is C27H32N4O3. The quantitative estimate of drug-likeness (QED) is 0.311. The van der Waals surface area contributed by atoms with Crippen LogP contribution in [-0.2, 0) is 9.59 Å². The summed E-state index contributed by atoms with van der Waals surface area (Å²) in [5.74, 6) is -1.42. The largest absolute Gasteiger partial charge is 0.505 e. The summed E-state index contributed by atoms with van der Waals surface area (Å²) in [7, 11) is 0. The Morgan fingerprint density at radius 1 is 1.06 bits per heavy atom. The standard InChI is InChI=1S/C27H32N4O3/c1-5-29(6-2)15-9-17-31-24(20-13-11-18(3)12-14-20)22(26(33)27(31)34)25(32)23-19(4)28-21-10-7-8-16-30(21)23/h7-8,10-14,16,24,32H,5-6,9,15,17H2,1-4H3/b25-22+/t24-/m0/s1. The number of rotatable bonds is 8. The van der Waals surface area contributed by atoms with Crippen LogP contribution in [0.25, 0.3) is 11.4 Å². The summed E-state index contributed by atoms with van der Waals surface area (Å²) in [5, 5.41) is 11.5. The SMILES string of the molecule is CCN(CC)CCCN1C(=O)C(=O)/C(=C(/O)c2c(C)nc3ccccn23)[C@@H]1c1ccc(C)cc1. The summed E-state index contributed by atoms with van der Waals surface area (Å²) in [6, 6.07) is 12.7. The van der Waals surface area contributed by atoms with Crippen molar-refractivity contribution < 1.29 is 14.7 Å². The molecule has 1 fully saturated rings. The number of carbonyl (C=O) groups excluding carboxylic acids is 2. The molecule has 0 unspecified atom stereocenters. The fourth-order valence-electron chi connectivity index (χ4n) is 4.74. The molecule has 0 saturated carbocycles. The van der Waals surface area contributed by atoms with Crippen LogP contribution in [0, 0.1) is 13.8 Å². The number of amides is 1. The van der Waals surface area contributed by atoms with E-state index < -0.39 is 17.7 Å². The number of hydrogen-bond donors (Lipinski definition) is 1. The number of aliphatic hydroxyl groups excluding tert-OH is 1. The van der Waals surface area contributed by atoms with Gasteiger partial charge in [0, 0.05) is 12.7 Å². The van der Waals surface area contributed by atoms with Gasteiger partial charge in [-0.1, -0.05) is 49.7 Å². The van der Waals surface area contributed by atoms with Gasteiger partial charge in [-0.3, -0.25) is 14.0 Å². The number of nitrogens with zero attached hydrogens (tertiary/aromatic N) is 4. The van der Waals surface area contributed by atoms with Crippen LogP contribution in [0.2, 0.25) is 0 Å². The Hall–Kier alpha value is -3.45. The number of benzene rings is 1. The topological polar surface area (TPSA) is 78.2 Å². The Balaban J connectivity index is 1.81. The number of ketones is 1. The van der Waals surface area contributed by atoms with Crippen molar-refractivity contribution in [2.75, 3.05) is 26.2 Å². The molecule has 1 saturated heterocycles. The number of imidazole rings is 1. The fraction of sp³-hybridized carbons (Fsp3) is 0.370. The first kappa shape index (κ1) is 23.7. The van der Waals surface area contributed by atoms with E-state index in [0.29, 0.717) is 23.6 Å². The molecule has 1 aliphatic rings. The van der Waals surface area contributed by atoms with Crippen molar-refractivity contribution in [1.82, 2.24) is 19.2 Å². The lowest BCUT2D eigenvalue weighted by Crippen LogP contribution is -2.33. The zero-order chi connectivity index (χ0) is 24.4. The minimum Gasteiger partial charge on any atom is -0.505 e. The predicted molar refractivity (Wildman–Crippen MR) is 133 cm³/mol. The van der Waals surface area contributed by atoms with Gasteiger partial charge in [0.2, 0.25) is 0 Å². The van der Waals surface area contributed by atoms with Gasteiger partial charge >= 0.3 is 0 Å². The first-order valence-electron chi connectivity index (χ1n) is 11.9.